The third-order valence-corrected chi connectivity index (χ3v) is 3.62. The van der Waals surface area contributed by atoms with Gasteiger partial charge in [-0.15, -0.1) is 5.11 Å². The summed E-state index contributed by atoms with van der Waals surface area (Å²) >= 11 is 2.21. The second-order valence-corrected chi connectivity index (χ2v) is 5.77. The van der Waals surface area contributed by atoms with Gasteiger partial charge in [-0.25, -0.2) is 0 Å². The Balaban J connectivity index is 2.33. The van der Waals surface area contributed by atoms with Gasteiger partial charge in [-0.3, -0.25) is 9.80 Å². The number of ketones is 1. The Hall–Kier alpha value is -0.980. The molecule has 0 atom stereocenters. The molecular formula is C13H16IN3O. The maximum atomic E-state index is 11.6. The van der Waals surface area contributed by atoms with Crippen molar-refractivity contribution in [2.45, 2.75) is 26.7 Å². The minimum atomic E-state index is 0.0342. The molecule has 0 saturated carbocycles. The van der Waals surface area contributed by atoms with Crippen LogP contribution in [0.15, 0.2) is 22.5 Å². The molecule has 1 aromatic rings. The minimum Gasteiger partial charge on any atom is -0.294 e. The number of Topliss-reactive ketones (excluding diaryl/α,β-unsaturated/α-hetero) is 1. The fraction of sp³-hybridized carbons (Fsp3) is 0.462. The summed E-state index contributed by atoms with van der Waals surface area (Å²) in [5.74, 6) is 0.0342. The van der Waals surface area contributed by atoms with Crippen LogP contribution < -0.4 is 0 Å². The van der Waals surface area contributed by atoms with E-state index in [1.165, 1.54) is 12.8 Å². The predicted molar refractivity (Wildman–Crippen MR) is 79.2 cm³/mol. The van der Waals surface area contributed by atoms with Gasteiger partial charge >= 0.3 is 0 Å². The van der Waals surface area contributed by atoms with Crippen molar-refractivity contribution in [1.29, 1.82) is 0 Å². The number of halogens is 1. The van der Waals surface area contributed by atoms with Crippen LogP contribution in [0.25, 0.3) is 0 Å². The van der Waals surface area contributed by atoms with E-state index in [9.17, 15) is 4.79 Å². The lowest BCUT2D eigenvalue weighted by Crippen LogP contribution is -2.09. The number of carbonyl (C=O) groups excluding carboxylic acids is 1. The third kappa shape index (κ3) is 3.07. The van der Waals surface area contributed by atoms with Gasteiger partial charge in [0, 0.05) is 22.2 Å². The quantitative estimate of drug-likeness (QED) is 0.468. The highest BCUT2D eigenvalue weighted by atomic mass is 127. The first kappa shape index (κ1) is 13.5. The Labute approximate surface area is 121 Å². The Morgan fingerprint density at radius 3 is 2.61 bits per heavy atom. The molecule has 18 heavy (non-hydrogen) atoms. The molecule has 1 aliphatic rings. The van der Waals surface area contributed by atoms with Gasteiger partial charge in [-0.2, -0.15) is 0 Å². The molecule has 0 N–H and O–H groups in total. The molecule has 0 radical (unpaired) electrons. The Morgan fingerprint density at radius 2 is 2.00 bits per heavy atom. The molecule has 0 aromatic heterocycles. The van der Waals surface area contributed by atoms with Crippen molar-refractivity contribution in [3.8, 4) is 0 Å². The molecule has 1 saturated heterocycles. The number of aryl methyl sites for hydroxylation is 1. The molecule has 1 fully saturated rings. The Morgan fingerprint density at radius 1 is 1.33 bits per heavy atom. The fourth-order valence-corrected chi connectivity index (χ4v) is 2.81. The first-order valence-electron chi connectivity index (χ1n) is 6.05. The summed E-state index contributed by atoms with van der Waals surface area (Å²) in [4.78, 5) is 11.6. The Bertz CT molecular complexity index is 493. The summed E-state index contributed by atoms with van der Waals surface area (Å²) in [7, 11) is 0. The molecule has 5 heteroatoms. The van der Waals surface area contributed by atoms with Crippen molar-refractivity contribution in [3.63, 3.8) is 0 Å². The van der Waals surface area contributed by atoms with Crippen LogP contribution in [-0.2, 0) is 0 Å². The molecule has 96 valence electrons. The summed E-state index contributed by atoms with van der Waals surface area (Å²) in [5.41, 5.74) is 2.35. The molecule has 0 aliphatic carbocycles. The van der Waals surface area contributed by atoms with Crippen LogP contribution in [0, 0.1) is 10.5 Å². The zero-order valence-corrected chi connectivity index (χ0v) is 12.8. The number of hydrogen-bond acceptors (Lipinski definition) is 3. The van der Waals surface area contributed by atoms with E-state index in [-0.39, 0.29) is 5.78 Å². The molecule has 0 bridgehead atoms. The van der Waals surface area contributed by atoms with E-state index < -0.39 is 0 Å². The number of benzene rings is 1. The zero-order valence-electron chi connectivity index (χ0n) is 10.6. The molecule has 1 aliphatic heterocycles. The molecule has 1 aromatic carbocycles. The van der Waals surface area contributed by atoms with Gasteiger partial charge in [0.2, 0.25) is 0 Å². The fourth-order valence-electron chi connectivity index (χ4n) is 2.03. The smallest absolute Gasteiger partial charge is 0.162 e. The summed E-state index contributed by atoms with van der Waals surface area (Å²) in [6.45, 7) is 5.46. The molecule has 4 nitrogen and oxygen atoms in total. The van der Waals surface area contributed by atoms with Crippen molar-refractivity contribution in [2.75, 3.05) is 13.1 Å². The van der Waals surface area contributed by atoms with Crippen molar-refractivity contribution in [3.05, 3.63) is 26.8 Å². The SMILES string of the molecule is CC(=O)c1cc(I)cc(C)c1N=NN1CCCC1. The predicted octanol–water partition coefficient (Wildman–Crippen LogP) is 3.90. The molecule has 0 spiro atoms. The molecule has 0 unspecified atom stereocenters. The summed E-state index contributed by atoms with van der Waals surface area (Å²) in [6, 6.07) is 3.89. The van der Waals surface area contributed by atoms with Gasteiger partial charge in [0.25, 0.3) is 0 Å². The molecule has 1 heterocycles. The first-order chi connectivity index (χ1) is 8.58. The van der Waals surface area contributed by atoms with Crippen LogP contribution in [0.2, 0.25) is 0 Å². The lowest BCUT2D eigenvalue weighted by Gasteiger charge is -2.10. The van der Waals surface area contributed by atoms with E-state index in [4.69, 9.17) is 0 Å². The summed E-state index contributed by atoms with van der Waals surface area (Å²) < 4.78 is 1.05. The van der Waals surface area contributed by atoms with Gasteiger partial charge < -0.3 is 0 Å². The first-order valence-corrected chi connectivity index (χ1v) is 7.13. The highest BCUT2D eigenvalue weighted by molar-refractivity contribution is 14.1. The third-order valence-electron chi connectivity index (χ3n) is 3.00. The van der Waals surface area contributed by atoms with Crippen molar-refractivity contribution >= 4 is 34.1 Å². The van der Waals surface area contributed by atoms with E-state index >= 15 is 0 Å². The number of carbonyl (C=O) groups is 1. The maximum absolute atomic E-state index is 11.6. The van der Waals surface area contributed by atoms with Gasteiger partial charge in [-0.05, 0) is 67.0 Å². The molecule has 2 rings (SSSR count). The largest absolute Gasteiger partial charge is 0.294 e. The van der Waals surface area contributed by atoms with E-state index in [1.807, 2.05) is 24.1 Å². The van der Waals surface area contributed by atoms with E-state index in [2.05, 4.69) is 32.9 Å². The van der Waals surface area contributed by atoms with E-state index in [0.29, 0.717) is 11.3 Å². The monoisotopic (exact) mass is 357 g/mol. The zero-order chi connectivity index (χ0) is 13.1. The van der Waals surface area contributed by atoms with Crippen LogP contribution in [0.5, 0.6) is 0 Å². The Kier molecular flexibility index (Phi) is 4.31. The second kappa shape index (κ2) is 5.77. The highest BCUT2D eigenvalue weighted by Gasteiger charge is 2.13. The average Bonchev–Trinajstić information content (AvgIpc) is 2.79. The van der Waals surface area contributed by atoms with Crippen LogP contribution in [0.1, 0.15) is 35.7 Å². The van der Waals surface area contributed by atoms with Crippen LogP contribution >= 0.6 is 22.6 Å². The minimum absolute atomic E-state index is 0.0342. The van der Waals surface area contributed by atoms with Gasteiger partial charge in [0.15, 0.2) is 5.78 Å². The van der Waals surface area contributed by atoms with Gasteiger partial charge in [0.1, 0.15) is 5.69 Å². The van der Waals surface area contributed by atoms with Crippen molar-refractivity contribution in [1.82, 2.24) is 5.01 Å². The lowest BCUT2D eigenvalue weighted by molar-refractivity contribution is 0.101. The highest BCUT2D eigenvalue weighted by Crippen LogP contribution is 2.28. The second-order valence-electron chi connectivity index (χ2n) is 4.53. The molecular weight excluding hydrogens is 341 g/mol. The number of hydrogen-bond donors (Lipinski definition) is 0. The van der Waals surface area contributed by atoms with Gasteiger partial charge in [-0.1, -0.05) is 5.22 Å². The van der Waals surface area contributed by atoms with Crippen LogP contribution in [0.3, 0.4) is 0 Å². The standard InChI is InChI=1S/C13H16IN3O/c1-9-7-11(14)8-12(10(2)18)13(9)15-16-17-5-3-4-6-17/h7-8H,3-6H2,1-2H3. The van der Waals surface area contributed by atoms with Crippen molar-refractivity contribution in [2.24, 2.45) is 10.3 Å². The average molecular weight is 357 g/mol. The number of nitrogens with zero attached hydrogens (tertiary/aromatic N) is 3. The van der Waals surface area contributed by atoms with E-state index in [1.54, 1.807) is 6.92 Å². The lowest BCUT2D eigenvalue weighted by atomic mass is 10.1. The van der Waals surface area contributed by atoms with Gasteiger partial charge in [0.05, 0.1) is 0 Å². The summed E-state index contributed by atoms with van der Waals surface area (Å²) in [6.07, 6.45) is 2.34. The molecule has 0 amide bonds. The normalized spacial score (nSPS) is 15.6. The van der Waals surface area contributed by atoms with Crippen LogP contribution in [0.4, 0.5) is 5.69 Å². The number of rotatable bonds is 3. The van der Waals surface area contributed by atoms with E-state index in [0.717, 1.165) is 22.2 Å². The topological polar surface area (TPSA) is 45.0 Å². The van der Waals surface area contributed by atoms with Crippen molar-refractivity contribution < 1.29 is 4.79 Å². The summed E-state index contributed by atoms with van der Waals surface area (Å²) in [5, 5.41) is 10.5. The maximum Gasteiger partial charge on any atom is 0.162 e. The van der Waals surface area contributed by atoms with Crippen LogP contribution in [-0.4, -0.2) is 23.9 Å².